The van der Waals surface area contributed by atoms with E-state index in [0.717, 1.165) is 5.56 Å². The van der Waals surface area contributed by atoms with E-state index in [1.807, 2.05) is 6.92 Å². The minimum atomic E-state index is -3.80. The van der Waals surface area contributed by atoms with Gasteiger partial charge in [0, 0.05) is 0 Å². The molecule has 0 unspecified atom stereocenters. The van der Waals surface area contributed by atoms with Crippen LogP contribution in [0, 0.1) is 6.92 Å². The molecular formula is C18H27NO6S. The van der Waals surface area contributed by atoms with Gasteiger partial charge in [-0.2, -0.15) is 8.42 Å². The van der Waals surface area contributed by atoms with Crippen LogP contribution in [0.5, 0.6) is 0 Å². The van der Waals surface area contributed by atoms with E-state index in [0.29, 0.717) is 12.8 Å². The molecular weight excluding hydrogens is 358 g/mol. The van der Waals surface area contributed by atoms with Crippen LogP contribution in [0.1, 0.15) is 39.2 Å². The Kier molecular flexibility index (Phi) is 6.65. The molecule has 1 aromatic rings. The summed E-state index contributed by atoms with van der Waals surface area (Å²) in [5.41, 5.74) is 0.420. The number of amides is 1. The molecule has 26 heavy (non-hydrogen) atoms. The second kappa shape index (κ2) is 8.37. The molecule has 0 saturated carbocycles. The maximum atomic E-state index is 12.2. The number of ether oxygens (including phenoxy) is 2. The van der Waals surface area contributed by atoms with Crippen molar-refractivity contribution in [2.45, 2.75) is 63.2 Å². The van der Waals surface area contributed by atoms with Gasteiger partial charge in [-0.25, -0.2) is 4.79 Å². The molecule has 1 aliphatic rings. The van der Waals surface area contributed by atoms with Gasteiger partial charge in [-0.15, -0.1) is 0 Å². The van der Waals surface area contributed by atoms with Crippen molar-refractivity contribution in [2.24, 2.45) is 0 Å². The topological polar surface area (TPSA) is 90.9 Å². The highest BCUT2D eigenvalue weighted by Gasteiger charge is 2.27. The molecule has 1 aromatic carbocycles. The fourth-order valence-corrected chi connectivity index (χ4v) is 3.40. The largest absolute Gasteiger partial charge is 0.444 e. The SMILES string of the molecule is Cc1ccc(S(=O)(=O)OC[C@H]2CC[C@H](NC(=O)OC(C)(C)C)CO2)cc1. The minimum absolute atomic E-state index is 0.0463. The molecule has 1 saturated heterocycles. The van der Waals surface area contributed by atoms with Crippen LogP contribution in [0.25, 0.3) is 0 Å². The van der Waals surface area contributed by atoms with Crippen molar-refractivity contribution in [1.82, 2.24) is 5.32 Å². The highest BCUT2D eigenvalue weighted by atomic mass is 32.2. The smallest absolute Gasteiger partial charge is 0.407 e. The van der Waals surface area contributed by atoms with Crippen LogP contribution in [-0.4, -0.2) is 45.5 Å². The third-order valence-electron chi connectivity index (χ3n) is 3.81. The average molecular weight is 385 g/mol. The molecule has 7 nitrogen and oxygen atoms in total. The lowest BCUT2D eigenvalue weighted by molar-refractivity contribution is -0.0275. The van der Waals surface area contributed by atoms with Crippen LogP contribution < -0.4 is 5.32 Å². The fraction of sp³-hybridized carbons (Fsp3) is 0.611. The first-order chi connectivity index (χ1) is 12.0. The molecule has 0 spiro atoms. The van der Waals surface area contributed by atoms with E-state index in [4.69, 9.17) is 13.7 Å². The van der Waals surface area contributed by atoms with Crippen molar-refractivity contribution in [2.75, 3.05) is 13.2 Å². The summed E-state index contributed by atoms with van der Waals surface area (Å²) >= 11 is 0. The van der Waals surface area contributed by atoms with Gasteiger partial charge in [0.2, 0.25) is 0 Å². The molecule has 0 aromatic heterocycles. The summed E-state index contributed by atoms with van der Waals surface area (Å²) < 4.78 is 40.3. The molecule has 1 amide bonds. The summed E-state index contributed by atoms with van der Waals surface area (Å²) in [5.74, 6) is 0. The average Bonchev–Trinajstić information content (AvgIpc) is 2.53. The van der Waals surface area contributed by atoms with Crippen molar-refractivity contribution in [3.8, 4) is 0 Å². The van der Waals surface area contributed by atoms with E-state index in [2.05, 4.69) is 5.32 Å². The predicted octanol–water partition coefficient (Wildman–Crippen LogP) is 2.77. The predicted molar refractivity (Wildman–Crippen MR) is 96.4 cm³/mol. The van der Waals surface area contributed by atoms with Gasteiger partial charge in [-0.3, -0.25) is 4.18 Å². The summed E-state index contributed by atoms with van der Waals surface area (Å²) in [5, 5.41) is 2.75. The van der Waals surface area contributed by atoms with Crippen LogP contribution >= 0.6 is 0 Å². The van der Waals surface area contributed by atoms with E-state index in [-0.39, 0.29) is 30.3 Å². The highest BCUT2D eigenvalue weighted by Crippen LogP contribution is 2.18. The molecule has 1 aliphatic heterocycles. The van der Waals surface area contributed by atoms with E-state index >= 15 is 0 Å². The maximum absolute atomic E-state index is 12.2. The Bertz CT molecular complexity index is 700. The number of alkyl carbamates (subject to hydrolysis) is 1. The summed E-state index contributed by atoms with van der Waals surface area (Å²) in [6, 6.07) is 6.33. The van der Waals surface area contributed by atoms with Gasteiger partial charge in [0.1, 0.15) is 5.60 Å². The van der Waals surface area contributed by atoms with E-state index < -0.39 is 21.8 Å². The van der Waals surface area contributed by atoms with Crippen molar-refractivity contribution in [1.29, 1.82) is 0 Å². The van der Waals surface area contributed by atoms with Crippen LogP contribution in [0.2, 0.25) is 0 Å². The molecule has 8 heteroatoms. The summed E-state index contributed by atoms with van der Waals surface area (Å²) in [6.07, 6.45) is 0.441. The Hall–Kier alpha value is -1.64. The second-order valence-corrected chi connectivity index (χ2v) is 9.04. The first-order valence-corrected chi connectivity index (χ1v) is 10.0. The lowest BCUT2D eigenvalue weighted by Gasteiger charge is -2.30. The summed E-state index contributed by atoms with van der Waals surface area (Å²) in [7, 11) is -3.80. The van der Waals surface area contributed by atoms with Crippen LogP contribution in [0.4, 0.5) is 4.79 Å². The number of hydrogen-bond donors (Lipinski definition) is 1. The monoisotopic (exact) mass is 385 g/mol. The zero-order chi connectivity index (χ0) is 19.4. The lowest BCUT2D eigenvalue weighted by Crippen LogP contribution is -2.45. The number of nitrogens with one attached hydrogen (secondary N) is 1. The van der Waals surface area contributed by atoms with Crippen molar-refractivity contribution in [3.63, 3.8) is 0 Å². The molecule has 0 aliphatic carbocycles. The molecule has 2 rings (SSSR count). The van der Waals surface area contributed by atoms with Crippen LogP contribution in [-0.2, 0) is 23.8 Å². The number of rotatable bonds is 5. The molecule has 1 heterocycles. The molecule has 0 radical (unpaired) electrons. The van der Waals surface area contributed by atoms with Crippen LogP contribution in [0.15, 0.2) is 29.2 Å². The second-order valence-electron chi connectivity index (χ2n) is 7.43. The normalized spacial score (nSPS) is 21.2. The third-order valence-corrected chi connectivity index (χ3v) is 5.11. The Morgan fingerprint density at radius 1 is 1.23 bits per heavy atom. The molecule has 1 fully saturated rings. The van der Waals surface area contributed by atoms with Gasteiger partial charge in [0.05, 0.1) is 30.3 Å². The zero-order valence-electron chi connectivity index (χ0n) is 15.7. The first-order valence-electron chi connectivity index (χ1n) is 8.62. The molecule has 2 atom stereocenters. The van der Waals surface area contributed by atoms with Crippen molar-refractivity contribution >= 4 is 16.2 Å². The Balaban J connectivity index is 1.76. The number of aryl methyl sites for hydroxylation is 1. The Morgan fingerprint density at radius 2 is 1.88 bits per heavy atom. The molecule has 1 N–H and O–H groups in total. The highest BCUT2D eigenvalue weighted by molar-refractivity contribution is 7.86. The number of hydrogen-bond acceptors (Lipinski definition) is 6. The summed E-state index contributed by atoms with van der Waals surface area (Å²) in [6.45, 7) is 7.52. The number of carbonyl (C=O) groups is 1. The lowest BCUT2D eigenvalue weighted by atomic mass is 10.1. The number of benzene rings is 1. The Morgan fingerprint density at radius 3 is 2.42 bits per heavy atom. The van der Waals surface area contributed by atoms with Gasteiger partial charge < -0.3 is 14.8 Å². The zero-order valence-corrected chi connectivity index (χ0v) is 16.5. The third kappa shape index (κ3) is 6.59. The van der Waals surface area contributed by atoms with Crippen molar-refractivity contribution in [3.05, 3.63) is 29.8 Å². The van der Waals surface area contributed by atoms with Crippen LogP contribution in [0.3, 0.4) is 0 Å². The Labute approximate surface area is 155 Å². The minimum Gasteiger partial charge on any atom is -0.444 e. The maximum Gasteiger partial charge on any atom is 0.407 e. The standard InChI is InChI=1S/C18H27NO6S/c1-13-5-9-16(10-6-13)26(21,22)24-12-15-8-7-14(11-23-15)19-17(20)25-18(2,3)4/h5-6,9-10,14-15H,7-8,11-12H2,1-4H3,(H,19,20)/t14-,15+/m0/s1. The molecule has 0 bridgehead atoms. The van der Waals surface area contributed by atoms with Gasteiger partial charge in [-0.1, -0.05) is 17.7 Å². The van der Waals surface area contributed by atoms with E-state index in [1.54, 1.807) is 32.9 Å². The van der Waals surface area contributed by atoms with Gasteiger partial charge in [0.15, 0.2) is 0 Å². The van der Waals surface area contributed by atoms with E-state index in [1.165, 1.54) is 12.1 Å². The quantitative estimate of drug-likeness (QED) is 0.784. The molecule has 146 valence electrons. The fourth-order valence-electron chi connectivity index (χ4n) is 2.46. The van der Waals surface area contributed by atoms with Gasteiger partial charge in [0.25, 0.3) is 10.1 Å². The summed E-state index contributed by atoms with van der Waals surface area (Å²) in [4.78, 5) is 11.9. The number of carbonyl (C=O) groups excluding carboxylic acids is 1. The first kappa shape index (κ1) is 20.7. The van der Waals surface area contributed by atoms with Gasteiger partial charge in [-0.05, 0) is 52.7 Å². The van der Waals surface area contributed by atoms with E-state index in [9.17, 15) is 13.2 Å². The van der Waals surface area contributed by atoms with Crippen molar-refractivity contribution < 1.29 is 26.9 Å². The van der Waals surface area contributed by atoms with Gasteiger partial charge >= 0.3 is 6.09 Å².